The van der Waals surface area contributed by atoms with Crippen LogP contribution in [0.15, 0.2) is 70.9 Å². The van der Waals surface area contributed by atoms with E-state index in [4.69, 9.17) is 4.74 Å². The van der Waals surface area contributed by atoms with Crippen LogP contribution in [0.25, 0.3) is 0 Å². The molecule has 39 heavy (non-hydrogen) atoms. The molecular weight excluding hydrogens is 536 g/mol. The number of para-hydroxylation sites is 2. The third-order valence-corrected chi connectivity index (χ3v) is 10.1. The smallest absolute Gasteiger partial charge is 0.263 e. The Kier molecular flexibility index (Phi) is 8.20. The largest absolute Gasteiger partial charge is 0.495 e. The predicted octanol–water partition coefficient (Wildman–Crippen LogP) is 3.76. The molecular formula is C28H32N4O5S2. The van der Waals surface area contributed by atoms with Crippen LogP contribution in [0.4, 0.5) is 11.4 Å². The molecule has 9 nitrogen and oxygen atoms in total. The highest BCUT2D eigenvalue weighted by atomic mass is 32.2. The second-order valence-electron chi connectivity index (χ2n) is 9.62. The second kappa shape index (κ2) is 11.8. The number of carbonyl (C=O) groups excluding carboxylic acids is 2. The van der Waals surface area contributed by atoms with Crippen LogP contribution in [0.1, 0.15) is 22.5 Å². The Bertz CT molecular complexity index is 1390. The number of piperazine rings is 1. The molecule has 0 aliphatic carbocycles. The molecule has 206 valence electrons. The van der Waals surface area contributed by atoms with Crippen LogP contribution in [0.5, 0.6) is 5.75 Å². The van der Waals surface area contributed by atoms with Crippen LogP contribution in [-0.4, -0.2) is 75.8 Å². The average Bonchev–Trinajstić information content (AvgIpc) is 3.52. The number of nitrogens with zero attached hydrogens (tertiary/aromatic N) is 3. The summed E-state index contributed by atoms with van der Waals surface area (Å²) in [7, 11) is -2.03. The number of ether oxygens (including phenoxy) is 1. The molecule has 2 amide bonds. The lowest BCUT2D eigenvalue weighted by atomic mass is 9.95. The van der Waals surface area contributed by atoms with Crippen molar-refractivity contribution in [3.05, 3.63) is 70.9 Å². The Morgan fingerprint density at radius 2 is 1.59 bits per heavy atom. The summed E-state index contributed by atoms with van der Waals surface area (Å²) in [6, 6.07) is 17.7. The minimum absolute atomic E-state index is 0.0156. The normalized spacial score (nSPS) is 17.2. The van der Waals surface area contributed by atoms with Gasteiger partial charge in [-0.3, -0.25) is 9.59 Å². The SMILES string of the molecule is COc1ccccc1N1CCN(S(=O)(=O)c2ccc(NC(=O)C3CCN(C(=O)c4cccs4)CC3)cc2)CC1. The summed E-state index contributed by atoms with van der Waals surface area (Å²) in [4.78, 5) is 30.2. The fourth-order valence-corrected chi connectivity index (χ4v) is 7.18. The van der Waals surface area contributed by atoms with Gasteiger partial charge in [-0.05, 0) is 60.7 Å². The standard InChI is InChI=1S/C28H32N4O5S2/c1-37-25-6-3-2-5-24(25)30-16-18-32(19-17-30)39(35,36)23-10-8-22(9-11-23)29-27(33)21-12-14-31(15-13-21)28(34)26-7-4-20-38-26/h2-11,20-21H,12-19H2,1H3,(H,29,33). The number of piperidine rings is 1. The highest BCUT2D eigenvalue weighted by Gasteiger charge is 2.30. The highest BCUT2D eigenvalue weighted by Crippen LogP contribution is 2.30. The molecule has 0 spiro atoms. The van der Waals surface area contributed by atoms with Crippen molar-refractivity contribution in [3.63, 3.8) is 0 Å². The number of nitrogens with one attached hydrogen (secondary N) is 1. The third-order valence-electron chi connectivity index (χ3n) is 7.31. The number of methoxy groups -OCH3 is 1. The Morgan fingerprint density at radius 3 is 2.23 bits per heavy atom. The van der Waals surface area contributed by atoms with Crippen molar-refractivity contribution >= 4 is 44.5 Å². The van der Waals surface area contributed by atoms with Gasteiger partial charge >= 0.3 is 0 Å². The van der Waals surface area contributed by atoms with Crippen LogP contribution in [0.2, 0.25) is 0 Å². The maximum Gasteiger partial charge on any atom is 0.263 e. The number of likely N-dealkylation sites (tertiary alicyclic amines) is 1. The quantitative estimate of drug-likeness (QED) is 0.466. The number of rotatable bonds is 7. The summed E-state index contributed by atoms with van der Waals surface area (Å²) < 4.78 is 33.5. The van der Waals surface area contributed by atoms with E-state index < -0.39 is 10.0 Å². The van der Waals surface area contributed by atoms with Crippen molar-refractivity contribution in [1.29, 1.82) is 0 Å². The van der Waals surface area contributed by atoms with Crippen LogP contribution >= 0.6 is 11.3 Å². The van der Waals surface area contributed by atoms with E-state index in [1.807, 2.05) is 41.8 Å². The number of carbonyl (C=O) groups is 2. The third kappa shape index (κ3) is 5.95. The molecule has 3 heterocycles. The van der Waals surface area contributed by atoms with Gasteiger partial charge in [0.1, 0.15) is 5.75 Å². The van der Waals surface area contributed by atoms with Gasteiger partial charge in [0, 0.05) is 50.9 Å². The van der Waals surface area contributed by atoms with Gasteiger partial charge in [0.2, 0.25) is 15.9 Å². The molecule has 2 fully saturated rings. The Balaban J connectivity index is 1.14. The molecule has 5 rings (SSSR count). The van der Waals surface area contributed by atoms with Gasteiger partial charge in [0.05, 0.1) is 22.6 Å². The zero-order valence-corrected chi connectivity index (χ0v) is 23.4. The zero-order valence-electron chi connectivity index (χ0n) is 21.8. The van der Waals surface area contributed by atoms with E-state index >= 15 is 0 Å². The molecule has 1 N–H and O–H groups in total. The van der Waals surface area contributed by atoms with E-state index in [9.17, 15) is 18.0 Å². The van der Waals surface area contributed by atoms with E-state index in [1.165, 1.54) is 15.6 Å². The Morgan fingerprint density at radius 1 is 0.897 bits per heavy atom. The van der Waals surface area contributed by atoms with Gasteiger partial charge in [0.15, 0.2) is 0 Å². The fraction of sp³-hybridized carbons (Fsp3) is 0.357. The van der Waals surface area contributed by atoms with Gasteiger partial charge in [-0.2, -0.15) is 4.31 Å². The number of hydrogen-bond acceptors (Lipinski definition) is 7. The highest BCUT2D eigenvalue weighted by molar-refractivity contribution is 7.89. The second-order valence-corrected chi connectivity index (χ2v) is 12.5. The van der Waals surface area contributed by atoms with Crippen molar-refractivity contribution in [3.8, 4) is 5.75 Å². The first-order chi connectivity index (χ1) is 18.9. The van der Waals surface area contributed by atoms with Crippen molar-refractivity contribution in [1.82, 2.24) is 9.21 Å². The van der Waals surface area contributed by atoms with Gasteiger partial charge < -0.3 is 19.9 Å². The summed E-state index contributed by atoms with van der Waals surface area (Å²) in [5.74, 6) is 0.479. The minimum Gasteiger partial charge on any atom is -0.495 e. The van der Waals surface area contributed by atoms with Crippen LogP contribution in [-0.2, 0) is 14.8 Å². The number of benzene rings is 2. The number of amides is 2. The van der Waals surface area contributed by atoms with Crippen LogP contribution in [0.3, 0.4) is 0 Å². The lowest BCUT2D eigenvalue weighted by Crippen LogP contribution is -2.48. The first-order valence-corrected chi connectivity index (χ1v) is 15.3. The van der Waals surface area contributed by atoms with Crippen molar-refractivity contribution in [2.75, 3.05) is 56.6 Å². The zero-order chi connectivity index (χ0) is 27.4. The van der Waals surface area contributed by atoms with Gasteiger partial charge in [-0.15, -0.1) is 11.3 Å². The molecule has 0 saturated carbocycles. The predicted molar refractivity (Wildman–Crippen MR) is 152 cm³/mol. The minimum atomic E-state index is -3.66. The molecule has 11 heteroatoms. The van der Waals surface area contributed by atoms with E-state index in [1.54, 1.807) is 36.3 Å². The summed E-state index contributed by atoms with van der Waals surface area (Å²) in [6.45, 7) is 2.93. The first kappa shape index (κ1) is 27.2. The van der Waals surface area contributed by atoms with E-state index in [0.29, 0.717) is 62.7 Å². The van der Waals surface area contributed by atoms with Crippen molar-refractivity contribution < 1.29 is 22.7 Å². The number of hydrogen-bond donors (Lipinski definition) is 1. The molecule has 0 radical (unpaired) electrons. The number of thiophene rings is 1. The summed E-state index contributed by atoms with van der Waals surface area (Å²) in [5.41, 5.74) is 1.51. The Labute approximate surface area is 233 Å². The summed E-state index contributed by atoms with van der Waals surface area (Å²) in [6.07, 6.45) is 1.19. The van der Waals surface area contributed by atoms with Gasteiger partial charge in [-0.1, -0.05) is 18.2 Å². The number of anilines is 2. The lowest BCUT2D eigenvalue weighted by Gasteiger charge is -2.36. The summed E-state index contributed by atoms with van der Waals surface area (Å²) >= 11 is 1.42. The van der Waals surface area contributed by atoms with Crippen molar-refractivity contribution in [2.45, 2.75) is 17.7 Å². The molecule has 2 aliphatic heterocycles. The maximum absolute atomic E-state index is 13.3. The molecule has 0 unspecified atom stereocenters. The molecule has 2 aromatic carbocycles. The molecule has 1 aromatic heterocycles. The lowest BCUT2D eigenvalue weighted by molar-refractivity contribution is -0.121. The maximum atomic E-state index is 13.3. The molecule has 2 saturated heterocycles. The molecule has 0 atom stereocenters. The van der Waals surface area contributed by atoms with Crippen LogP contribution < -0.4 is 15.0 Å². The van der Waals surface area contributed by atoms with Crippen molar-refractivity contribution in [2.24, 2.45) is 5.92 Å². The number of sulfonamides is 1. The fourth-order valence-electron chi connectivity index (χ4n) is 5.06. The first-order valence-electron chi connectivity index (χ1n) is 13.0. The van der Waals surface area contributed by atoms with E-state index in [2.05, 4.69) is 10.2 Å². The van der Waals surface area contributed by atoms with Gasteiger partial charge in [0.25, 0.3) is 5.91 Å². The molecule has 2 aliphatic rings. The molecule has 0 bridgehead atoms. The monoisotopic (exact) mass is 568 g/mol. The van der Waals surface area contributed by atoms with Crippen LogP contribution in [0, 0.1) is 5.92 Å². The van der Waals surface area contributed by atoms with E-state index in [0.717, 1.165) is 11.4 Å². The Hall–Kier alpha value is -3.41. The topological polar surface area (TPSA) is 99.3 Å². The summed E-state index contributed by atoms with van der Waals surface area (Å²) in [5, 5.41) is 4.79. The average molecular weight is 569 g/mol. The molecule has 3 aromatic rings. The van der Waals surface area contributed by atoms with Gasteiger partial charge in [-0.25, -0.2) is 8.42 Å². The van der Waals surface area contributed by atoms with E-state index in [-0.39, 0.29) is 22.6 Å².